The molecular weight excluding hydrogens is 248 g/mol. The largest absolute Gasteiger partial charge is 2.00 e. The zero-order valence-corrected chi connectivity index (χ0v) is 11.3. The van der Waals surface area contributed by atoms with Gasteiger partial charge in [-0.15, -0.1) is 8.86 Å². The van der Waals surface area contributed by atoms with Crippen molar-refractivity contribution in [2.24, 2.45) is 5.92 Å². The van der Waals surface area contributed by atoms with Crippen LogP contribution in [0.5, 0.6) is 0 Å². The summed E-state index contributed by atoms with van der Waals surface area (Å²) in [4.78, 5) is 0. The molecule has 0 unspecified atom stereocenters. The van der Waals surface area contributed by atoms with Gasteiger partial charge in [-0.3, -0.25) is 0 Å². The van der Waals surface area contributed by atoms with Crippen molar-refractivity contribution in [1.29, 1.82) is 0 Å². The number of hydrogen-bond acceptors (Lipinski definition) is 0. The van der Waals surface area contributed by atoms with Gasteiger partial charge < -0.3 is 2.85 Å². The summed E-state index contributed by atoms with van der Waals surface area (Å²) in [5.41, 5.74) is 0. The van der Waals surface area contributed by atoms with Crippen LogP contribution in [0.25, 0.3) is 0 Å². The zero-order valence-electron chi connectivity index (χ0n) is 6.86. The summed E-state index contributed by atoms with van der Waals surface area (Å²) in [6.07, 6.45) is 0. The molecule has 0 fully saturated rings. The standard InChI is InChI=1S/C4H9P.Ba.H2S.2H/c1-4(2)3-5;;;;/h3-5H,1-2H3;;1H2;;/q;+2;;2*-1. The summed E-state index contributed by atoms with van der Waals surface area (Å²) in [5.74, 6) is 2.65. The molecule has 0 spiro atoms. The normalized spacial score (nSPS) is 6.14. The Morgan fingerprint density at radius 1 is 1.57 bits per heavy atom. The van der Waals surface area contributed by atoms with Crippen LogP contribution in [0.2, 0.25) is 0 Å². The van der Waals surface area contributed by atoms with Gasteiger partial charge in [0, 0.05) is 0 Å². The van der Waals surface area contributed by atoms with E-state index >= 15 is 0 Å². The first kappa shape index (κ1) is 16.0. The second-order valence-electron chi connectivity index (χ2n) is 1.41. The molecule has 0 saturated carbocycles. The average Bonchev–Trinajstić information content (AvgIpc) is 1.38. The Hall–Kier alpha value is 2.09. The van der Waals surface area contributed by atoms with E-state index in [0.29, 0.717) is 5.92 Å². The molecule has 3 heteroatoms. The molecule has 0 N–H and O–H groups in total. The fourth-order valence-electron chi connectivity index (χ4n) is 0. The second kappa shape index (κ2) is 11.0. The van der Waals surface area contributed by atoms with Crippen LogP contribution in [-0.2, 0) is 0 Å². The van der Waals surface area contributed by atoms with E-state index in [9.17, 15) is 0 Å². The minimum atomic E-state index is 0. The maximum Gasteiger partial charge on any atom is 2.00 e. The van der Waals surface area contributed by atoms with Crippen molar-refractivity contribution in [2.75, 3.05) is 0 Å². The van der Waals surface area contributed by atoms with Crippen LogP contribution in [0.15, 0.2) is 0 Å². The molecule has 0 heterocycles. The van der Waals surface area contributed by atoms with E-state index in [1.807, 2.05) is 5.80 Å². The van der Waals surface area contributed by atoms with Crippen LogP contribution in [0.3, 0.4) is 0 Å². The summed E-state index contributed by atoms with van der Waals surface area (Å²) in [7, 11) is 3.23. The molecule has 0 nitrogen and oxygen atoms in total. The van der Waals surface area contributed by atoms with Crippen molar-refractivity contribution in [1.82, 2.24) is 0 Å². The third kappa shape index (κ3) is 17.9. The summed E-state index contributed by atoms with van der Waals surface area (Å²) < 4.78 is 0. The van der Waals surface area contributed by atoms with Crippen LogP contribution in [0.4, 0.5) is 0 Å². The minimum Gasteiger partial charge on any atom is -1.00 e. The maximum atomic E-state index is 3.23. The zero-order chi connectivity index (χ0) is 4.28. The Bertz CT molecular complexity index is 45.5. The molecule has 0 radical (unpaired) electrons. The van der Waals surface area contributed by atoms with E-state index < -0.39 is 0 Å². The Kier molecular flexibility index (Phi) is 25.1. The van der Waals surface area contributed by atoms with Crippen molar-refractivity contribution in [3.8, 4) is 0 Å². The van der Waals surface area contributed by atoms with Crippen LogP contribution in [0.1, 0.15) is 16.7 Å². The van der Waals surface area contributed by atoms with E-state index in [1.54, 1.807) is 0 Å². The van der Waals surface area contributed by atoms with Gasteiger partial charge in [-0.1, -0.05) is 19.6 Å². The van der Waals surface area contributed by atoms with E-state index in [2.05, 4.69) is 22.7 Å². The Morgan fingerprint density at radius 2 is 1.71 bits per heavy atom. The Labute approximate surface area is 98.2 Å². The molecular formula is C4H13BaPS. The first-order chi connectivity index (χ1) is 2.27. The summed E-state index contributed by atoms with van der Waals surface area (Å²) in [6, 6.07) is 0. The second-order valence-corrected chi connectivity index (χ2v) is 1.74. The predicted molar refractivity (Wildman–Crippen MR) is 47.6 cm³/mol. The van der Waals surface area contributed by atoms with Crippen molar-refractivity contribution in [3.63, 3.8) is 0 Å². The Morgan fingerprint density at radius 3 is 1.71 bits per heavy atom. The molecule has 0 amide bonds. The fourth-order valence-corrected chi connectivity index (χ4v) is 0. The monoisotopic (exact) mass is 262 g/mol. The molecule has 0 aliphatic heterocycles. The fraction of sp³-hybridized carbons (Fsp3) is 0.750. The molecule has 0 atom stereocenters. The summed E-state index contributed by atoms with van der Waals surface area (Å²) in [6.45, 7) is 4.24. The molecule has 42 valence electrons. The molecule has 0 bridgehead atoms. The van der Waals surface area contributed by atoms with Crippen molar-refractivity contribution in [3.05, 3.63) is 0 Å². The molecule has 0 aromatic heterocycles. The van der Waals surface area contributed by atoms with E-state index in [1.165, 1.54) is 0 Å². The number of rotatable bonds is 1. The van der Waals surface area contributed by atoms with Gasteiger partial charge in [0.1, 0.15) is 0 Å². The van der Waals surface area contributed by atoms with Crippen molar-refractivity contribution < 1.29 is 2.85 Å². The van der Waals surface area contributed by atoms with E-state index in [0.717, 1.165) is 0 Å². The predicted octanol–water partition coefficient (Wildman–Crippen LogP) is 1.54. The molecule has 0 aromatic rings. The topological polar surface area (TPSA) is 0 Å². The minimum absolute atomic E-state index is 0. The van der Waals surface area contributed by atoms with Gasteiger partial charge in [-0.25, -0.2) is 0 Å². The van der Waals surface area contributed by atoms with Crippen LogP contribution < -0.4 is 0 Å². The molecule has 7 heavy (non-hydrogen) atoms. The molecule has 0 aliphatic carbocycles. The van der Waals surface area contributed by atoms with Gasteiger partial charge >= 0.3 is 48.9 Å². The maximum absolute atomic E-state index is 3.23. The van der Waals surface area contributed by atoms with Gasteiger partial charge in [-0.2, -0.15) is 13.5 Å². The van der Waals surface area contributed by atoms with Crippen molar-refractivity contribution >= 4 is 77.0 Å². The SMILES string of the molecule is CC(C)C=P.S.[Ba+2].[H-].[H-]. The summed E-state index contributed by atoms with van der Waals surface area (Å²) >= 11 is 0. The van der Waals surface area contributed by atoms with E-state index in [-0.39, 0.29) is 65.2 Å². The van der Waals surface area contributed by atoms with Crippen LogP contribution in [0, 0.1) is 5.92 Å². The first-order valence-corrected chi connectivity index (χ1v) is 2.35. The summed E-state index contributed by atoms with van der Waals surface area (Å²) in [5, 5.41) is 0. The molecule has 0 aliphatic rings. The Balaban J connectivity index is -0.0000000133. The smallest absolute Gasteiger partial charge is 1.00 e. The third-order valence-electron chi connectivity index (χ3n) is 0.333. The van der Waals surface area contributed by atoms with Gasteiger partial charge in [0.05, 0.1) is 0 Å². The van der Waals surface area contributed by atoms with Gasteiger partial charge in [0.2, 0.25) is 0 Å². The number of hydrogen-bond donors (Lipinski definition) is 0. The van der Waals surface area contributed by atoms with Gasteiger partial charge in [0.15, 0.2) is 0 Å². The quantitative estimate of drug-likeness (QED) is 0.496. The van der Waals surface area contributed by atoms with Gasteiger partial charge in [0.25, 0.3) is 0 Å². The molecule has 0 rings (SSSR count). The molecule has 0 saturated heterocycles. The van der Waals surface area contributed by atoms with Crippen molar-refractivity contribution in [2.45, 2.75) is 13.8 Å². The average molecular weight is 262 g/mol. The molecule has 0 aromatic carbocycles. The van der Waals surface area contributed by atoms with Gasteiger partial charge in [-0.05, 0) is 5.92 Å². The third-order valence-corrected chi connectivity index (χ3v) is 1.00. The first-order valence-electron chi connectivity index (χ1n) is 1.78. The van der Waals surface area contributed by atoms with Crippen LogP contribution in [-0.4, -0.2) is 54.7 Å². The van der Waals surface area contributed by atoms with Crippen LogP contribution >= 0.6 is 22.4 Å². The van der Waals surface area contributed by atoms with E-state index in [4.69, 9.17) is 0 Å².